The summed E-state index contributed by atoms with van der Waals surface area (Å²) in [5, 5.41) is 5.55. The summed E-state index contributed by atoms with van der Waals surface area (Å²) in [5.74, 6) is 1.71. The zero-order valence-corrected chi connectivity index (χ0v) is 14.7. The molecule has 20 heavy (non-hydrogen) atoms. The molecule has 3 nitrogen and oxygen atoms in total. The molecule has 0 radical (unpaired) electrons. The first-order chi connectivity index (χ1) is 9.40. The number of nitrogens with one attached hydrogen (secondary N) is 1. The summed E-state index contributed by atoms with van der Waals surface area (Å²) in [7, 11) is 0. The van der Waals surface area contributed by atoms with Gasteiger partial charge in [0.05, 0.1) is 6.54 Å². The molecule has 1 N–H and O–H groups in total. The highest BCUT2D eigenvalue weighted by Crippen LogP contribution is 2.24. The van der Waals surface area contributed by atoms with Crippen LogP contribution in [0.4, 0.5) is 5.82 Å². The van der Waals surface area contributed by atoms with E-state index in [1.807, 2.05) is 6.07 Å². The van der Waals surface area contributed by atoms with E-state index in [1.54, 1.807) is 11.3 Å². The molecule has 0 fully saturated rings. The Labute approximate surface area is 133 Å². The van der Waals surface area contributed by atoms with Gasteiger partial charge in [-0.1, -0.05) is 27.7 Å². The third-order valence-corrected chi connectivity index (χ3v) is 4.38. The van der Waals surface area contributed by atoms with E-state index in [0.717, 1.165) is 29.2 Å². The molecule has 108 valence electrons. The van der Waals surface area contributed by atoms with Crippen molar-refractivity contribution >= 4 is 33.1 Å². The summed E-state index contributed by atoms with van der Waals surface area (Å²) in [5.41, 5.74) is 1.35. The highest BCUT2D eigenvalue weighted by atomic mass is 79.9. The van der Waals surface area contributed by atoms with E-state index in [1.165, 1.54) is 10.4 Å². The SMILES string of the molecule is CCc1ccsc1CNc1cc(Br)nc(C(C)(C)C)n1. The summed E-state index contributed by atoms with van der Waals surface area (Å²) >= 11 is 5.25. The maximum absolute atomic E-state index is 4.61. The molecule has 0 unspecified atom stereocenters. The number of rotatable bonds is 4. The number of aryl methyl sites for hydroxylation is 1. The number of thiophene rings is 1. The first-order valence-corrected chi connectivity index (χ1v) is 8.41. The van der Waals surface area contributed by atoms with Gasteiger partial charge in [-0.3, -0.25) is 0 Å². The van der Waals surface area contributed by atoms with Crippen molar-refractivity contribution in [2.75, 3.05) is 5.32 Å². The fourth-order valence-corrected chi connectivity index (χ4v) is 3.15. The molecule has 2 aromatic heterocycles. The number of nitrogens with zero attached hydrogens (tertiary/aromatic N) is 2. The smallest absolute Gasteiger partial charge is 0.137 e. The predicted molar refractivity (Wildman–Crippen MR) is 89.5 cm³/mol. The highest BCUT2D eigenvalue weighted by molar-refractivity contribution is 9.10. The van der Waals surface area contributed by atoms with Gasteiger partial charge in [0.1, 0.15) is 16.2 Å². The lowest BCUT2D eigenvalue weighted by atomic mass is 9.96. The van der Waals surface area contributed by atoms with Crippen LogP contribution < -0.4 is 5.32 Å². The van der Waals surface area contributed by atoms with Crippen molar-refractivity contribution in [1.29, 1.82) is 0 Å². The van der Waals surface area contributed by atoms with Gasteiger partial charge in [-0.2, -0.15) is 0 Å². The van der Waals surface area contributed by atoms with Crippen LogP contribution in [0.15, 0.2) is 22.1 Å². The Morgan fingerprint density at radius 2 is 2.05 bits per heavy atom. The van der Waals surface area contributed by atoms with E-state index >= 15 is 0 Å². The van der Waals surface area contributed by atoms with Gasteiger partial charge < -0.3 is 5.32 Å². The first kappa shape index (κ1) is 15.4. The minimum absolute atomic E-state index is 0.0578. The Kier molecular flexibility index (Phi) is 4.81. The summed E-state index contributed by atoms with van der Waals surface area (Å²) in [6, 6.07) is 4.12. The number of hydrogen-bond donors (Lipinski definition) is 1. The lowest BCUT2D eigenvalue weighted by Crippen LogP contribution is -2.17. The maximum atomic E-state index is 4.61. The molecule has 0 aliphatic carbocycles. The number of aromatic nitrogens is 2. The second-order valence-electron chi connectivity index (χ2n) is 5.73. The van der Waals surface area contributed by atoms with Crippen LogP contribution in [0.2, 0.25) is 0 Å². The molecule has 0 spiro atoms. The van der Waals surface area contributed by atoms with Gasteiger partial charge in [0.15, 0.2) is 0 Å². The van der Waals surface area contributed by atoms with Gasteiger partial charge in [-0.15, -0.1) is 11.3 Å². The van der Waals surface area contributed by atoms with Crippen LogP contribution in [0.1, 0.15) is 44.0 Å². The third-order valence-electron chi connectivity index (χ3n) is 3.01. The number of hydrogen-bond acceptors (Lipinski definition) is 4. The topological polar surface area (TPSA) is 37.8 Å². The van der Waals surface area contributed by atoms with Crippen LogP contribution in [0.3, 0.4) is 0 Å². The molecule has 0 aliphatic heterocycles. The molecule has 5 heteroatoms. The van der Waals surface area contributed by atoms with E-state index in [2.05, 4.69) is 70.4 Å². The monoisotopic (exact) mass is 353 g/mol. The third kappa shape index (κ3) is 3.79. The van der Waals surface area contributed by atoms with Crippen molar-refractivity contribution in [3.8, 4) is 0 Å². The van der Waals surface area contributed by atoms with Crippen molar-refractivity contribution in [3.63, 3.8) is 0 Å². The van der Waals surface area contributed by atoms with Crippen molar-refractivity contribution < 1.29 is 0 Å². The van der Waals surface area contributed by atoms with Crippen LogP contribution in [-0.2, 0) is 18.4 Å². The Morgan fingerprint density at radius 3 is 2.70 bits per heavy atom. The second kappa shape index (κ2) is 6.22. The fourth-order valence-electron chi connectivity index (χ4n) is 1.85. The van der Waals surface area contributed by atoms with Crippen molar-refractivity contribution in [2.24, 2.45) is 0 Å². The molecule has 0 saturated carbocycles. The Hall–Kier alpha value is -0.940. The molecule has 0 amide bonds. The van der Waals surface area contributed by atoms with Crippen LogP contribution in [0.25, 0.3) is 0 Å². The molecule has 2 heterocycles. The number of anilines is 1. The van der Waals surface area contributed by atoms with E-state index in [9.17, 15) is 0 Å². The molecular formula is C15H20BrN3S. The fraction of sp³-hybridized carbons (Fsp3) is 0.467. The van der Waals surface area contributed by atoms with Gasteiger partial charge in [-0.25, -0.2) is 9.97 Å². The first-order valence-electron chi connectivity index (χ1n) is 6.74. The normalized spacial score (nSPS) is 11.7. The van der Waals surface area contributed by atoms with E-state index < -0.39 is 0 Å². The summed E-state index contributed by atoms with van der Waals surface area (Å²) in [4.78, 5) is 10.4. The van der Waals surface area contributed by atoms with Crippen molar-refractivity contribution in [2.45, 2.75) is 46.1 Å². The van der Waals surface area contributed by atoms with Gasteiger partial charge in [-0.05, 0) is 39.4 Å². The minimum Gasteiger partial charge on any atom is -0.365 e. The Morgan fingerprint density at radius 1 is 1.30 bits per heavy atom. The average molecular weight is 354 g/mol. The van der Waals surface area contributed by atoms with Crippen molar-refractivity contribution in [1.82, 2.24) is 9.97 Å². The summed E-state index contributed by atoms with van der Waals surface area (Å²) < 4.78 is 0.821. The van der Waals surface area contributed by atoms with Crippen LogP contribution in [-0.4, -0.2) is 9.97 Å². The lowest BCUT2D eigenvalue weighted by molar-refractivity contribution is 0.544. The molecule has 0 atom stereocenters. The molecule has 0 aromatic carbocycles. The molecule has 2 rings (SSSR count). The van der Waals surface area contributed by atoms with E-state index in [0.29, 0.717) is 0 Å². The van der Waals surface area contributed by atoms with E-state index in [-0.39, 0.29) is 5.41 Å². The van der Waals surface area contributed by atoms with Gasteiger partial charge in [0.2, 0.25) is 0 Å². The molecule has 2 aromatic rings. The van der Waals surface area contributed by atoms with E-state index in [4.69, 9.17) is 0 Å². The maximum Gasteiger partial charge on any atom is 0.137 e. The minimum atomic E-state index is -0.0578. The zero-order valence-electron chi connectivity index (χ0n) is 12.3. The van der Waals surface area contributed by atoms with Gasteiger partial charge >= 0.3 is 0 Å². The van der Waals surface area contributed by atoms with Crippen LogP contribution in [0.5, 0.6) is 0 Å². The van der Waals surface area contributed by atoms with Gasteiger partial charge in [0, 0.05) is 16.4 Å². The van der Waals surface area contributed by atoms with Crippen LogP contribution >= 0.6 is 27.3 Å². The largest absolute Gasteiger partial charge is 0.365 e. The predicted octanol–water partition coefficient (Wildman–Crippen LogP) is 4.77. The molecule has 0 bridgehead atoms. The lowest BCUT2D eigenvalue weighted by Gasteiger charge is -2.18. The molecule has 0 aliphatic rings. The van der Waals surface area contributed by atoms with Crippen molar-refractivity contribution in [3.05, 3.63) is 38.4 Å². The quantitative estimate of drug-likeness (QED) is 0.804. The highest BCUT2D eigenvalue weighted by Gasteiger charge is 2.18. The Balaban J connectivity index is 2.16. The standard InChI is InChI=1S/C15H20BrN3S/c1-5-10-6-7-20-11(10)9-17-13-8-12(16)18-14(19-13)15(2,3)4/h6-8H,5,9H2,1-4H3,(H,17,18,19). The van der Waals surface area contributed by atoms with Crippen LogP contribution in [0, 0.1) is 0 Å². The summed E-state index contributed by atoms with van der Waals surface area (Å²) in [6.07, 6.45) is 1.07. The molecular weight excluding hydrogens is 334 g/mol. The zero-order chi connectivity index (χ0) is 14.8. The van der Waals surface area contributed by atoms with Gasteiger partial charge in [0.25, 0.3) is 0 Å². The summed E-state index contributed by atoms with van der Waals surface area (Å²) in [6.45, 7) is 9.35. The average Bonchev–Trinajstić information content (AvgIpc) is 2.82. The Bertz CT molecular complexity index is 587. The number of halogens is 1. The second-order valence-corrected chi connectivity index (χ2v) is 7.54. The molecule has 0 saturated heterocycles.